The van der Waals surface area contributed by atoms with E-state index in [9.17, 15) is 9.59 Å². The third-order valence-corrected chi connectivity index (χ3v) is 4.59. The van der Waals surface area contributed by atoms with Crippen molar-refractivity contribution in [3.05, 3.63) is 39.2 Å². The number of oxazole rings is 1. The molecule has 0 saturated carbocycles. The Balaban J connectivity index is 2.28. The number of H-pyrrole nitrogens is 1. The lowest BCUT2D eigenvalue weighted by Crippen LogP contribution is -2.04. The molecule has 7 heteroatoms. The summed E-state index contributed by atoms with van der Waals surface area (Å²) in [4.78, 5) is 26.9. The van der Waals surface area contributed by atoms with Gasteiger partial charge in [-0.15, -0.1) is 11.3 Å². The lowest BCUT2D eigenvalue weighted by atomic mass is 10.00. The smallest absolute Gasteiger partial charge is 0.417 e. The van der Waals surface area contributed by atoms with E-state index >= 15 is 0 Å². The summed E-state index contributed by atoms with van der Waals surface area (Å²) in [6, 6.07) is 5.28. The number of nitrogen functional groups attached to an aromatic ring is 1. The molecule has 0 amide bonds. The van der Waals surface area contributed by atoms with Crippen LogP contribution in [-0.4, -0.2) is 18.1 Å². The summed E-state index contributed by atoms with van der Waals surface area (Å²) in [7, 11) is 1.32. The van der Waals surface area contributed by atoms with Crippen LogP contribution in [0.4, 0.5) is 5.00 Å². The van der Waals surface area contributed by atoms with Crippen molar-refractivity contribution in [3.63, 3.8) is 0 Å². The van der Waals surface area contributed by atoms with Crippen molar-refractivity contribution in [1.29, 1.82) is 0 Å². The molecular formula is C15H14N2O4S. The molecule has 6 nitrogen and oxygen atoms in total. The SMILES string of the molecule is CCc1sc(N)c(C(=O)OC)c1-c1ccc2[nH]c(=O)oc2c1. The molecule has 3 aromatic rings. The van der Waals surface area contributed by atoms with E-state index in [0.717, 1.165) is 22.4 Å². The average molecular weight is 318 g/mol. The average Bonchev–Trinajstić information content (AvgIpc) is 3.04. The van der Waals surface area contributed by atoms with Crippen molar-refractivity contribution in [2.24, 2.45) is 0 Å². The summed E-state index contributed by atoms with van der Waals surface area (Å²) in [6.45, 7) is 1.99. The van der Waals surface area contributed by atoms with Gasteiger partial charge < -0.3 is 14.9 Å². The summed E-state index contributed by atoms with van der Waals surface area (Å²) >= 11 is 1.37. The number of fused-ring (bicyclic) bond motifs is 1. The van der Waals surface area contributed by atoms with Gasteiger partial charge in [-0.25, -0.2) is 9.59 Å². The number of benzene rings is 1. The second-order valence-corrected chi connectivity index (χ2v) is 5.85. The molecule has 0 saturated heterocycles. The number of carbonyl (C=O) groups is 1. The second kappa shape index (κ2) is 5.34. The van der Waals surface area contributed by atoms with Gasteiger partial charge >= 0.3 is 11.7 Å². The van der Waals surface area contributed by atoms with Crippen LogP contribution < -0.4 is 11.5 Å². The molecule has 22 heavy (non-hydrogen) atoms. The van der Waals surface area contributed by atoms with Crippen LogP contribution in [0.2, 0.25) is 0 Å². The van der Waals surface area contributed by atoms with E-state index in [-0.39, 0.29) is 0 Å². The van der Waals surface area contributed by atoms with Gasteiger partial charge in [-0.2, -0.15) is 0 Å². The molecule has 0 spiro atoms. The molecule has 0 unspecified atom stereocenters. The number of methoxy groups -OCH3 is 1. The van der Waals surface area contributed by atoms with E-state index < -0.39 is 11.7 Å². The van der Waals surface area contributed by atoms with E-state index in [1.54, 1.807) is 12.1 Å². The first kappa shape index (κ1) is 14.4. The summed E-state index contributed by atoms with van der Waals surface area (Å²) < 4.78 is 9.92. The van der Waals surface area contributed by atoms with Crippen LogP contribution >= 0.6 is 11.3 Å². The molecule has 0 bridgehead atoms. The molecule has 3 N–H and O–H groups in total. The van der Waals surface area contributed by atoms with Gasteiger partial charge in [0.1, 0.15) is 10.6 Å². The molecule has 2 heterocycles. The molecule has 3 rings (SSSR count). The van der Waals surface area contributed by atoms with E-state index in [0.29, 0.717) is 21.7 Å². The molecular weight excluding hydrogens is 304 g/mol. The largest absolute Gasteiger partial charge is 0.465 e. The van der Waals surface area contributed by atoms with Crippen molar-refractivity contribution in [2.45, 2.75) is 13.3 Å². The first-order chi connectivity index (χ1) is 10.5. The second-order valence-electron chi connectivity index (χ2n) is 4.71. The van der Waals surface area contributed by atoms with Crippen molar-refractivity contribution in [3.8, 4) is 11.1 Å². The van der Waals surface area contributed by atoms with Crippen molar-refractivity contribution in [2.75, 3.05) is 12.8 Å². The highest BCUT2D eigenvalue weighted by atomic mass is 32.1. The fourth-order valence-electron chi connectivity index (χ4n) is 2.46. The molecule has 0 aliphatic carbocycles. The van der Waals surface area contributed by atoms with Gasteiger partial charge in [0.05, 0.1) is 12.6 Å². The Bertz CT molecular complexity index is 919. The highest BCUT2D eigenvalue weighted by molar-refractivity contribution is 7.17. The Morgan fingerprint density at radius 3 is 2.91 bits per heavy atom. The Morgan fingerprint density at radius 2 is 2.23 bits per heavy atom. The molecule has 1 aromatic carbocycles. The maximum atomic E-state index is 12.1. The van der Waals surface area contributed by atoms with Crippen molar-refractivity contribution < 1.29 is 13.9 Å². The quantitative estimate of drug-likeness (QED) is 0.724. The standard InChI is InChI=1S/C15H14N2O4S/c1-3-10-11(12(13(16)22-10)14(18)20-2)7-4-5-8-9(6-7)21-15(19)17-8/h4-6H,3,16H2,1-2H3,(H,17,19). The monoisotopic (exact) mass is 318 g/mol. The topological polar surface area (TPSA) is 98.3 Å². The van der Waals surface area contributed by atoms with Gasteiger partial charge in [0.2, 0.25) is 0 Å². The Hall–Kier alpha value is -2.54. The van der Waals surface area contributed by atoms with Crippen molar-refractivity contribution >= 4 is 33.4 Å². The summed E-state index contributed by atoms with van der Waals surface area (Å²) in [6.07, 6.45) is 0.732. The van der Waals surface area contributed by atoms with Crippen LogP contribution in [0.15, 0.2) is 27.4 Å². The predicted octanol–water partition coefficient (Wildman–Crippen LogP) is 2.78. The number of nitrogens with two attached hydrogens (primary N) is 1. The maximum absolute atomic E-state index is 12.1. The number of anilines is 1. The number of hydrogen-bond donors (Lipinski definition) is 2. The van der Waals surface area contributed by atoms with Gasteiger partial charge in [0.15, 0.2) is 5.58 Å². The highest BCUT2D eigenvalue weighted by Gasteiger charge is 2.23. The number of thiophene rings is 1. The van der Waals surface area contributed by atoms with Crippen LogP contribution in [-0.2, 0) is 11.2 Å². The Labute approximate surface area is 129 Å². The fourth-order valence-corrected chi connectivity index (χ4v) is 3.48. The van der Waals surface area contributed by atoms with E-state index in [1.807, 2.05) is 13.0 Å². The minimum atomic E-state index is -0.513. The zero-order chi connectivity index (χ0) is 15.9. The van der Waals surface area contributed by atoms with Gasteiger partial charge in [-0.05, 0) is 24.1 Å². The number of nitrogens with one attached hydrogen (secondary N) is 1. The third kappa shape index (κ3) is 2.19. The minimum Gasteiger partial charge on any atom is -0.465 e. The molecule has 0 aliphatic rings. The van der Waals surface area contributed by atoms with E-state index in [4.69, 9.17) is 14.9 Å². The van der Waals surface area contributed by atoms with Gasteiger partial charge in [0, 0.05) is 10.4 Å². The lowest BCUT2D eigenvalue weighted by molar-refractivity contribution is 0.0603. The van der Waals surface area contributed by atoms with Crippen LogP contribution in [0.5, 0.6) is 0 Å². The number of carbonyl (C=O) groups excluding carboxylic acids is 1. The number of aromatic amines is 1. The summed E-state index contributed by atoms with van der Waals surface area (Å²) in [5.74, 6) is -0.986. The van der Waals surface area contributed by atoms with E-state index in [2.05, 4.69) is 4.98 Å². The summed E-state index contributed by atoms with van der Waals surface area (Å²) in [5, 5.41) is 0.425. The fraction of sp³-hybridized carbons (Fsp3) is 0.200. The Morgan fingerprint density at radius 1 is 1.45 bits per heavy atom. The van der Waals surface area contributed by atoms with Crippen LogP contribution in [0.3, 0.4) is 0 Å². The molecule has 0 radical (unpaired) electrons. The lowest BCUT2D eigenvalue weighted by Gasteiger charge is -2.06. The molecule has 0 atom stereocenters. The Kier molecular flexibility index (Phi) is 3.50. The summed E-state index contributed by atoms with van der Waals surface area (Å²) in [5.41, 5.74) is 8.89. The number of ether oxygens (including phenoxy) is 1. The maximum Gasteiger partial charge on any atom is 0.417 e. The zero-order valence-corrected chi connectivity index (χ0v) is 12.9. The van der Waals surface area contributed by atoms with Gasteiger partial charge in [0.25, 0.3) is 0 Å². The predicted molar refractivity (Wildman–Crippen MR) is 85.3 cm³/mol. The van der Waals surface area contributed by atoms with Crippen LogP contribution in [0.1, 0.15) is 22.2 Å². The molecule has 114 valence electrons. The number of aromatic nitrogens is 1. The number of aryl methyl sites for hydroxylation is 1. The first-order valence-corrected chi connectivity index (χ1v) is 7.49. The number of esters is 1. The number of hydrogen-bond acceptors (Lipinski definition) is 6. The zero-order valence-electron chi connectivity index (χ0n) is 12.1. The minimum absolute atomic E-state index is 0.363. The van der Waals surface area contributed by atoms with Gasteiger partial charge in [-0.3, -0.25) is 4.98 Å². The normalized spacial score (nSPS) is 11.0. The van der Waals surface area contributed by atoms with E-state index in [1.165, 1.54) is 18.4 Å². The molecule has 0 fully saturated rings. The van der Waals surface area contributed by atoms with Crippen molar-refractivity contribution in [1.82, 2.24) is 4.98 Å². The number of rotatable bonds is 3. The van der Waals surface area contributed by atoms with Crippen LogP contribution in [0.25, 0.3) is 22.2 Å². The third-order valence-electron chi connectivity index (χ3n) is 3.43. The van der Waals surface area contributed by atoms with Gasteiger partial charge in [-0.1, -0.05) is 13.0 Å². The van der Waals surface area contributed by atoms with Crippen LogP contribution in [0, 0.1) is 0 Å². The molecule has 0 aliphatic heterocycles. The molecule has 2 aromatic heterocycles. The first-order valence-electron chi connectivity index (χ1n) is 6.67. The highest BCUT2D eigenvalue weighted by Crippen LogP contribution is 2.40.